The summed E-state index contributed by atoms with van der Waals surface area (Å²) in [6.45, 7) is 7.76. The van der Waals surface area contributed by atoms with Crippen molar-refractivity contribution in [2.45, 2.75) is 26.3 Å². The average Bonchev–Trinajstić information content (AvgIpc) is 2.24. The van der Waals surface area contributed by atoms with Crippen molar-refractivity contribution in [3.63, 3.8) is 0 Å². The van der Waals surface area contributed by atoms with Crippen LogP contribution in [0.25, 0.3) is 0 Å². The summed E-state index contributed by atoms with van der Waals surface area (Å²) in [5.74, 6) is 0. The van der Waals surface area contributed by atoms with Gasteiger partial charge in [0.05, 0.1) is 15.6 Å². The van der Waals surface area contributed by atoms with Gasteiger partial charge in [0.15, 0.2) is 0 Å². The van der Waals surface area contributed by atoms with Crippen LogP contribution in [-0.2, 0) is 0 Å². The quantitative estimate of drug-likeness (QED) is 0.491. The molecule has 2 N–H and O–H groups in total. The summed E-state index contributed by atoms with van der Waals surface area (Å²) in [4.78, 5) is 10.1. The molecule has 18 heavy (non-hydrogen) atoms. The minimum atomic E-state index is -0.461. The molecule has 1 aromatic rings. The zero-order valence-electron chi connectivity index (χ0n) is 10.8. The third-order valence-corrected chi connectivity index (χ3v) is 2.57. The number of nitrogens with one attached hydrogen (secondary N) is 2. The first kappa shape index (κ1) is 14.7. The second-order valence-corrected chi connectivity index (χ2v) is 5.43. The van der Waals surface area contributed by atoms with Crippen molar-refractivity contribution in [2.24, 2.45) is 0 Å². The first-order chi connectivity index (χ1) is 8.29. The van der Waals surface area contributed by atoms with Gasteiger partial charge in [-0.15, -0.1) is 0 Å². The average molecular weight is 272 g/mol. The Labute approximate surface area is 112 Å². The van der Waals surface area contributed by atoms with E-state index in [2.05, 4.69) is 31.4 Å². The molecule has 0 amide bonds. The Bertz CT molecular complexity index is 430. The zero-order chi connectivity index (χ0) is 13.8. The smallest absolute Gasteiger partial charge is 0.271 e. The molecule has 0 saturated heterocycles. The molecular formula is C12H18ClN3O2. The van der Waals surface area contributed by atoms with Gasteiger partial charge in [-0.2, -0.15) is 0 Å². The van der Waals surface area contributed by atoms with Crippen molar-refractivity contribution >= 4 is 23.0 Å². The predicted octanol–water partition coefficient (Wildman–Crippen LogP) is 3.05. The van der Waals surface area contributed by atoms with Gasteiger partial charge in [0.2, 0.25) is 0 Å². The Morgan fingerprint density at radius 3 is 2.50 bits per heavy atom. The largest absolute Gasteiger partial charge is 0.383 e. The molecule has 6 heteroatoms. The molecule has 0 heterocycles. The number of rotatable bonds is 5. The van der Waals surface area contributed by atoms with Crippen LogP contribution in [0, 0.1) is 10.1 Å². The number of nitrogens with zero attached hydrogens (tertiary/aromatic N) is 1. The molecule has 100 valence electrons. The molecule has 5 nitrogen and oxygen atoms in total. The van der Waals surface area contributed by atoms with Crippen LogP contribution in [0.4, 0.5) is 11.4 Å². The maximum atomic E-state index is 10.6. The van der Waals surface area contributed by atoms with Crippen molar-refractivity contribution in [3.8, 4) is 0 Å². The van der Waals surface area contributed by atoms with Crippen molar-refractivity contribution < 1.29 is 4.92 Å². The van der Waals surface area contributed by atoms with Gasteiger partial charge in [-0.25, -0.2) is 0 Å². The van der Waals surface area contributed by atoms with E-state index in [9.17, 15) is 10.1 Å². The van der Waals surface area contributed by atoms with Crippen LogP contribution in [0.5, 0.6) is 0 Å². The number of benzene rings is 1. The monoisotopic (exact) mass is 271 g/mol. The molecule has 0 aliphatic rings. The number of anilines is 1. The van der Waals surface area contributed by atoms with E-state index in [1.165, 1.54) is 12.1 Å². The number of nitro groups is 1. The molecule has 0 atom stereocenters. The van der Waals surface area contributed by atoms with Gasteiger partial charge in [0.1, 0.15) is 0 Å². The molecule has 0 unspecified atom stereocenters. The standard InChI is InChI=1S/C12H18ClN3O2/c1-12(2,3)15-7-6-14-11-5-4-9(16(17)18)8-10(11)13/h4-5,8,14-15H,6-7H2,1-3H3. The van der Waals surface area contributed by atoms with Crippen molar-refractivity contribution in [1.82, 2.24) is 5.32 Å². The number of halogens is 1. The van der Waals surface area contributed by atoms with E-state index < -0.39 is 4.92 Å². The molecule has 1 rings (SSSR count). The molecule has 0 aliphatic carbocycles. The number of nitro benzene ring substituents is 1. The van der Waals surface area contributed by atoms with Crippen molar-refractivity contribution in [1.29, 1.82) is 0 Å². The van der Waals surface area contributed by atoms with Crippen molar-refractivity contribution in [2.75, 3.05) is 18.4 Å². The van der Waals surface area contributed by atoms with E-state index >= 15 is 0 Å². The first-order valence-corrected chi connectivity index (χ1v) is 6.10. The summed E-state index contributed by atoms with van der Waals surface area (Å²) in [5.41, 5.74) is 0.775. The van der Waals surface area contributed by atoms with E-state index in [1.54, 1.807) is 6.07 Å². The molecule has 1 aromatic carbocycles. The number of hydrogen-bond donors (Lipinski definition) is 2. The van der Waals surface area contributed by atoms with Gasteiger partial charge in [-0.3, -0.25) is 10.1 Å². The predicted molar refractivity (Wildman–Crippen MR) is 74.4 cm³/mol. The maximum absolute atomic E-state index is 10.6. The van der Waals surface area contributed by atoms with Gasteiger partial charge in [-0.05, 0) is 26.8 Å². The highest BCUT2D eigenvalue weighted by molar-refractivity contribution is 6.33. The van der Waals surface area contributed by atoms with Crippen LogP contribution in [0.3, 0.4) is 0 Å². The van der Waals surface area contributed by atoms with Crippen LogP contribution in [0.1, 0.15) is 20.8 Å². The highest BCUT2D eigenvalue weighted by atomic mass is 35.5. The molecule has 0 spiro atoms. The molecule has 0 radical (unpaired) electrons. The summed E-state index contributed by atoms with van der Waals surface area (Å²) in [7, 11) is 0. The minimum absolute atomic E-state index is 0.00151. The second-order valence-electron chi connectivity index (χ2n) is 5.02. The van der Waals surface area contributed by atoms with Gasteiger partial charge in [0.25, 0.3) is 5.69 Å². The lowest BCUT2D eigenvalue weighted by molar-refractivity contribution is -0.384. The van der Waals surface area contributed by atoms with Gasteiger partial charge < -0.3 is 10.6 Å². The maximum Gasteiger partial charge on any atom is 0.271 e. The summed E-state index contributed by atoms with van der Waals surface area (Å²) in [5, 5.41) is 17.4. The van der Waals surface area contributed by atoms with Gasteiger partial charge >= 0.3 is 0 Å². The van der Waals surface area contributed by atoms with Gasteiger partial charge in [0, 0.05) is 30.8 Å². The van der Waals surface area contributed by atoms with Crippen LogP contribution < -0.4 is 10.6 Å². The summed E-state index contributed by atoms with van der Waals surface area (Å²) < 4.78 is 0. The fourth-order valence-corrected chi connectivity index (χ4v) is 1.64. The Kier molecular flexibility index (Phi) is 4.93. The number of non-ortho nitro benzene ring substituents is 1. The fourth-order valence-electron chi connectivity index (χ4n) is 1.40. The molecule has 0 aromatic heterocycles. The topological polar surface area (TPSA) is 67.2 Å². The Hall–Kier alpha value is -1.33. The fraction of sp³-hybridized carbons (Fsp3) is 0.500. The molecule has 0 fully saturated rings. The highest BCUT2D eigenvalue weighted by Gasteiger charge is 2.10. The summed E-state index contributed by atoms with van der Waals surface area (Å²) in [6, 6.07) is 4.41. The van der Waals surface area contributed by atoms with Crippen LogP contribution in [-0.4, -0.2) is 23.6 Å². The lowest BCUT2D eigenvalue weighted by Crippen LogP contribution is -2.38. The van der Waals surface area contributed by atoms with E-state index in [4.69, 9.17) is 11.6 Å². The van der Waals surface area contributed by atoms with E-state index in [-0.39, 0.29) is 11.2 Å². The van der Waals surface area contributed by atoms with E-state index in [0.717, 1.165) is 6.54 Å². The summed E-state index contributed by atoms with van der Waals surface area (Å²) in [6.07, 6.45) is 0. The summed E-state index contributed by atoms with van der Waals surface area (Å²) >= 11 is 5.95. The van der Waals surface area contributed by atoms with Crippen LogP contribution >= 0.6 is 11.6 Å². The SMILES string of the molecule is CC(C)(C)NCCNc1ccc([N+](=O)[O-])cc1Cl. The van der Waals surface area contributed by atoms with Gasteiger partial charge in [-0.1, -0.05) is 11.6 Å². The van der Waals surface area contributed by atoms with Crippen molar-refractivity contribution in [3.05, 3.63) is 33.3 Å². The number of hydrogen-bond acceptors (Lipinski definition) is 4. The third kappa shape index (κ3) is 4.89. The molecular weight excluding hydrogens is 254 g/mol. The van der Waals surface area contributed by atoms with E-state index in [0.29, 0.717) is 17.3 Å². The lowest BCUT2D eigenvalue weighted by Gasteiger charge is -2.20. The van der Waals surface area contributed by atoms with Crippen LogP contribution in [0.2, 0.25) is 5.02 Å². The molecule has 0 saturated carbocycles. The third-order valence-electron chi connectivity index (χ3n) is 2.26. The Morgan fingerprint density at radius 2 is 2.00 bits per heavy atom. The normalized spacial score (nSPS) is 11.3. The minimum Gasteiger partial charge on any atom is -0.383 e. The highest BCUT2D eigenvalue weighted by Crippen LogP contribution is 2.26. The molecule has 0 aliphatic heterocycles. The van der Waals surface area contributed by atoms with E-state index in [1.807, 2.05) is 0 Å². The zero-order valence-corrected chi connectivity index (χ0v) is 11.5. The van der Waals surface area contributed by atoms with Crippen LogP contribution in [0.15, 0.2) is 18.2 Å². The first-order valence-electron chi connectivity index (χ1n) is 5.72. The Morgan fingerprint density at radius 1 is 1.33 bits per heavy atom. The lowest BCUT2D eigenvalue weighted by atomic mass is 10.1. The Balaban J connectivity index is 2.51. The second kappa shape index (κ2) is 6.02. The molecule has 0 bridgehead atoms.